The van der Waals surface area contributed by atoms with Crippen molar-refractivity contribution < 1.29 is 4.79 Å². The van der Waals surface area contributed by atoms with Crippen LogP contribution >= 0.6 is 11.8 Å². The number of benzene rings is 1. The standard InChI is InChI=1S/C16H24N2OS/c1-2-12-6-5-7-13(10-12)18-14-8-3-4-9-15(14)20-11-16(17)19/h3-4,8-9,12-13,18H,2,5-7,10-11H2,1H3,(H2,17,19). The van der Waals surface area contributed by atoms with Gasteiger partial charge in [0.2, 0.25) is 5.91 Å². The second kappa shape index (κ2) is 7.58. The molecule has 1 aliphatic carbocycles. The lowest BCUT2D eigenvalue weighted by atomic mass is 9.84. The Kier molecular flexibility index (Phi) is 5.77. The maximum absolute atomic E-state index is 10.9. The van der Waals surface area contributed by atoms with Crippen LogP contribution in [0, 0.1) is 5.92 Å². The van der Waals surface area contributed by atoms with E-state index in [0.717, 1.165) is 16.5 Å². The number of thioether (sulfide) groups is 1. The molecular weight excluding hydrogens is 268 g/mol. The van der Waals surface area contributed by atoms with Gasteiger partial charge in [-0.25, -0.2) is 0 Å². The van der Waals surface area contributed by atoms with Gasteiger partial charge < -0.3 is 11.1 Å². The highest BCUT2D eigenvalue weighted by atomic mass is 32.2. The molecule has 0 aliphatic heterocycles. The zero-order valence-electron chi connectivity index (χ0n) is 12.1. The Labute approximate surface area is 125 Å². The van der Waals surface area contributed by atoms with Crippen molar-refractivity contribution >= 4 is 23.4 Å². The van der Waals surface area contributed by atoms with Crippen LogP contribution in [0.25, 0.3) is 0 Å². The Bertz CT molecular complexity index is 450. The molecule has 1 aromatic rings. The summed E-state index contributed by atoms with van der Waals surface area (Å²) in [6, 6.07) is 8.75. The molecule has 0 heterocycles. The van der Waals surface area contributed by atoms with Crippen LogP contribution in [-0.4, -0.2) is 17.7 Å². The largest absolute Gasteiger partial charge is 0.381 e. The van der Waals surface area contributed by atoms with E-state index in [0.29, 0.717) is 11.8 Å². The van der Waals surface area contributed by atoms with Crippen molar-refractivity contribution in [3.63, 3.8) is 0 Å². The molecule has 3 nitrogen and oxygen atoms in total. The van der Waals surface area contributed by atoms with Crippen molar-refractivity contribution in [3.05, 3.63) is 24.3 Å². The van der Waals surface area contributed by atoms with Crippen molar-refractivity contribution in [2.75, 3.05) is 11.1 Å². The fraction of sp³-hybridized carbons (Fsp3) is 0.562. The van der Waals surface area contributed by atoms with Gasteiger partial charge in [-0.05, 0) is 30.9 Å². The Hall–Kier alpha value is -1.16. The predicted molar refractivity (Wildman–Crippen MR) is 86.0 cm³/mol. The van der Waals surface area contributed by atoms with Gasteiger partial charge in [0.1, 0.15) is 0 Å². The first-order valence-electron chi connectivity index (χ1n) is 7.45. The van der Waals surface area contributed by atoms with E-state index in [2.05, 4.69) is 24.4 Å². The number of hydrogen-bond donors (Lipinski definition) is 2. The quantitative estimate of drug-likeness (QED) is 0.787. The number of carbonyl (C=O) groups is 1. The molecule has 1 aliphatic rings. The summed E-state index contributed by atoms with van der Waals surface area (Å²) in [5.74, 6) is 0.918. The minimum atomic E-state index is -0.270. The number of primary amides is 1. The lowest BCUT2D eigenvalue weighted by Crippen LogP contribution is -2.27. The highest BCUT2D eigenvalue weighted by Crippen LogP contribution is 2.32. The first-order chi connectivity index (χ1) is 9.69. The minimum absolute atomic E-state index is 0.270. The molecule has 1 amide bonds. The molecule has 2 rings (SSSR count). The molecule has 0 aromatic heterocycles. The summed E-state index contributed by atoms with van der Waals surface area (Å²) in [6.07, 6.45) is 6.45. The van der Waals surface area contributed by atoms with Gasteiger partial charge in [-0.1, -0.05) is 38.3 Å². The highest BCUT2D eigenvalue weighted by molar-refractivity contribution is 8.00. The lowest BCUT2D eigenvalue weighted by Gasteiger charge is -2.30. The summed E-state index contributed by atoms with van der Waals surface area (Å²) >= 11 is 1.51. The summed E-state index contributed by atoms with van der Waals surface area (Å²) < 4.78 is 0. The van der Waals surface area contributed by atoms with E-state index < -0.39 is 0 Å². The van der Waals surface area contributed by atoms with E-state index in [1.807, 2.05) is 12.1 Å². The Morgan fingerprint density at radius 1 is 1.40 bits per heavy atom. The van der Waals surface area contributed by atoms with Crippen LogP contribution in [0.2, 0.25) is 0 Å². The molecule has 1 saturated carbocycles. The summed E-state index contributed by atoms with van der Waals surface area (Å²) in [4.78, 5) is 12.1. The maximum atomic E-state index is 10.9. The maximum Gasteiger partial charge on any atom is 0.227 e. The van der Waals surface area contributed by atoms with E-state index in [1.54, 1.807) is 0 Å². The predicted octanol–water partition coefficient (Wildman–Crippen LogP) is 3.64. The molecule has 2 unspecified atom stereocenters. The summed E-state index contributed by atoms with van der Waals surface area (Å²) in [5, 5.41) is 3.66. The van der Waals surface area contributed by atoms with Gasteiger partial charge in [0, 0.05) is 16.6 Å². The minimum Gasteiger partial charge on any atom is -0.381 e. The number of para-hydroxylation sites is 1. The Balaban J connectivity index is 1.99. The molecule has 0 bridgehead atoms. The van der Waals surface area contributed by atoms with E-state index in [-0.39, 0.29) is 5.91 Å². The Morgan fingerprint density at radius 3 is 2.95 bits per heavy atom. The molecule has 1 aromatic carbocycles. The van der Waals surface area contributed by atoms with Gasteiger partial charge in [0.05, 0.1) is 5.75 Å². The summed E-state index contributed by atoms with van der Waals surface area (Å²) in [6.45, 7) is 2.28. The van der Waals surface area contributed by atoms with Crippen LogP contribution in [-0.2, 0) is 4.79 Å². The van der Waals surface area contributed by atoms with Crippen LogP contribution in [0.1, 0.15) is 39.0 Å². The smallest absolute Gasteiger partial charge is 0.227 e. The van der Waals surface area contributed by atoms with E-state index in [9.17, 15) is 4.79 Å². The second-order valence-electron chi connectivity index (χ2n) is 5.53. The topological polar surface area (TPSA) is 55.1 Å². The average molecular weight is 292 g/mol. The fourth-order valence-electron chi connectivity index (χ4n) is 2.87. The van der Waals surface area contributed by atoms with E-state index >= 15 is 0 Å². The third-order valence-corrected chi connectivity index (χ3v) is 5.07. The number of amides is 1. The highest BCUT2D eigenvalue weighted by Gasteiger charge is 2.21. The third kappa shape index (κ3) is 4.44. The molecule has 1 fully saturated rings. The summed E-state index contributed by atoms with van der Waals surface area (Å²) in [5.41, 5.74) is 6.37. The van der Waals surface area contributed by atoms with Crippen molar-refractivity contribution in [1.82, 2.24) is 0 Å². The third-order valence-electron chi connectivity index (χ3n) is 3.98. The first kappa shape index (κ1) is 15.2. The molecular formula is C16H24N2OS. The van der Waals surface area contributed by atoms with Gasteiger partial charge in [0.15, 0.2) is 0 Å². The number of anilines is 1. The van der Waals surface area contributed by atoms with Crippen LogP contribution in [0.15, 0.2) is 29.2 Å². The number of hydrogen-bond acceptors (Lipinski definition) is 3. The first-order valence-corrected chi connectivity index (χ1v) is 8.44. The van der Waals surface area contributed by atoms with Crippen LogP contribution in [0.5, 0.6) is 0 Å². The SMILES string of the molecule is CCC1CCCC(Nc2ccccc2SCC(N)=O)C1. The lowest BCUT2D eigenvalue weighted by molar-refractivity contribution is -0.115. The number of nitrogens with one attached hydrogen (secondary N) is 1. The van der Waals surface area contributed by atoms with Gasteiger partial charge in [-0.3, -0.25) is 4.79 Å². The van der Waals surface area contributed by atoms with Crippen molar-refractivity contribution in [1.29, 1.82) is 0 Å². The van der Waals surface area contributed by atoms with Crippen LogP contribution in [0.4, 0.5) is 5.69 Å². The van der Waals surface area contributed by atoms with Crippen LogP contribution < -0.4 is 11.1 Å². The van der Waals surface area contributed by atoms with Gasteiger partial charge in [-0.2, -0.15) is 0 Å². The zero-order valence-corrected chi connectivity index (χ0v) is 12.9. The molecule has 110 valence electrons. The molecule has 0 spiro atoms. The molecule has 3 N–H and O–H groups in total. The van der Waals surface area contributed by atoms with E-state index in [1.165, 1.54) is 43.9 Å². The second-order valence-corrected chi connectivity index (χ2v) is 6.55. The Morgan fingerprint density at radius 2 is 2.20 bits per heavy atom. The number of carbonyl (C=O) groups excluding carboxylic acids is 1. The van der Waals surface area contributed by atoms with Gasteiger partial charge in [-0.15, -0.1) is 11.8 Å². The molecule has 0 saturated heterocycles. The van der Waals surface area contributed by atoms with Crippen LogP contribution in [0.3, 0.4) is 0 Å². The van der Waals surface area contributed by atoms with Crippen molar-refractivity contribution in [2.24, 2.45) is 11.7 Å². The van der Waals surface area contributed by atoms with Gasteiger partial charge in [0.25, 0.3) is 0 Å². The molecule has 4 heteroatoms. The molecule has 20 heavy (non-hydrogen) atoms. The van der Waals surface area contributed by atoms with Crippen molar-refractivity contribution in [2.45, 2.75) is 50.0 Å². The normalized spacial score (nSPS) is 22.4. The molecule has 0 radical (unpaired) electrons. The van der Waals surface area contributed by atoms with E-state index in [4.69, 9.17) is 5.73 Å². The zero-order chi connectivity index (χ0) is 14.4. The number of rotatable bonds is 6. The van der Waals surface area contributed by atoms with Gasteiger partial charge >= 0.3 is 0 Å². The monoisotopic (exact) mass is 292 g/mol. The summed E-state index contributed by atoms with van der Waals surface area (Å²) in [7, 11) is 0. The fourth-order valence-corrected chi connectivity index (χ4v) is 3.63. The van der Waals surface area contributed by atoms with Crippen molar-refractivity contribution in [3.8, 4) is 0 Å². The average Bonchev–Trinajstić information content (AvgIpc) is 2.46. The number of nitrogens with two attached hydrogens (primary N) is 1. The molecule has 2 atom stereocenters.